The molecule has 1 aromatic carbocycles. The normalized spacial score (nSPS) is 18.5. The fraction of sp³-hybridized carbons (Fsp3) is 0.545. The number of rotatable bonds is 6. The smallest absolute Gasteiger partial charge is 0.172 e. The molecule has 0 aliphatic carbocycles. The van der Waals surface area contributed by atoms with Crippen molar-refractivity contribution in [3.05, 3.63) is 41.2 Å². The first-order valence-electron chi connectivity index (χ1n) is 10.9. The summed E-state index contributed by atoms with van der Waals surface area (Å²) in [4.78, 5) is 12.0. The summed E-state index contributed by atoms with van der Waals surface area (Å²) in [6.07, 6.45) is 3.61. The first-order valence-corrected chi connectivity index (χ1v) is 12.4. The van der Waals surface area contributed by atoms with Crippen LogP contribution in [-0.4, -0.2) is 56.5 Å². The van der Waals surface area contributed by atoms with Gasteiger partial charge in [-0.05, 0) is 26.0 Å². The van der Waals surface area contributed by atoms with Crippen LogP contribution >= 0.6 is 0 Å². The van der Waals surface area contributed by atoms with Crippen molar-refractivity contribution in [1.29, 1.82) is 0 Å². The molecule has 2 aliphatic heterocycles. The monoisotopic (exact) mass is 465 g/mol. The summed E-state index contributed by atoms with van der Waals surface area (Å²) in [7, 11) is -1.05. The molecule has 174 valence electrons. The highest BCUT2D eigenvalue weighted by atomic mass is 32.2. The topological polar surface area (TPSA) is 70.6 Å². The van der Waals surface area contributed by atoms with Crippen molar-refractivity contribution in [3.8, 4) is 5.75 Å². The van der Waals surface area contributed by atoms with Gasteiger partial charge in [0.15, 0.2) is 23.2 Å². The van der Waals surface area contributed by atoms with Crippen molar-refractivity contribution in [2.24, 2.45) is 0 Å². The number of benzene rings is 1. The Hall–Kier alpha value is -2.33. The maximum Gasteiger partial charge on any atom is 0.172 e. The number of halogens is 2. The Kier molecular flexibility index (Phi) is 6.90. The van der Waals surface area contributed by atoms with Gasteiger partial charge in [0.2, 0.25) is 0 Å². The third-order valence-electron chi connectivity index (χ3n) is 5.67. The number of fused-ring (bicyclic) bond motifs is 1. The Morgan fingerprint density at radius 1 is 1.16 bits per heavy atom. The van der Waals surface area contributed by atoms with Crippen molar-refractivity contribution in [1.82, 2.24) is 14.3 Å². The lowest BCUT2D eigenvalue weighted by Crippen LogP contribution is -2.40. The molecule has 1 N–H and O–H groups in total. The molecule has 1 fully saturated rings. The lowest BCUT2D eigenvalue weighted by molar-refractivity contribution is 0.163. The molecule has 0 spiro atoms. The van der Waals surface area contributed by atoms with E-state index in [1.54, 1.807) is 6.26 Å². The van der Waals surface area contributed by atoms with Crippen LogP contribution < -0.4 is 15.0 Å². The highest BCUT2D eigenvalue weighted by molar-refractivity contribution is 7.81. The van der Waals surface area contributed by atoms with Crippen molar-refractivity contribution in [2.75, 3.05) is 36.1 Å². The van der Waals surface area contributed by atoms with Crippen LogP contribution in [0.3, 0.4) is 0 Å². The molecule has 0 radical (unpaired) electrons. The van der Waals surface area contributed by atoms with Crippen molar-refractivity contribution in [2.45, 2.75) is 51.8 Å². The second-order valence-electron chi connectivity index (χ2n) is 8.50. The molecule has 7 nitrogen and oxygen atoms in total. The van der Waals surface area contributed by atoms with Crippen LogP contribution in [0.15, 0.2) is 18.2 Å². The molecule has 2 aromatic rings. The van der Waals surface area contributed by atoms with E-state index in [0.29, 0.717) is 45.4 Å². The molecule has 10 heteroatoms. The van der Waals surface area contributed by atoms with Gasteiger partial charge in [0.1, 0.15) is 11.9 Å². The average molecular weight is 466 g/mol. The van der Waals surface area contributed by atoms with Gasteiger partial charge >= 0.3 is 0 Å². The molecule has 1 saturated heterocycles. The number of hydrogen-bond acceptors (Lipinski definition) is 6. The molecule has 1 aromatic heterocycles. The molecule has 1 unspecified atom stereocenters. The van der Waals surface area contributed by atoms with Crippen molar-refractivity contribution >= 4 is 22.6 Å². The third kappa shape index (κ3) is 5.17. The minimum Gasteiger partial charge on any atom is -0.487 e. The molecule has 1 atom stereocenters. The van der Waals surface area contributed by atoms with Gasteiger partial charge in [-0.2, -0.15) is 0 Å². The number of hydrogen-bond donors (Lipinski definition) is 1. The van der Waals surface area contributed by atoms with Crippen LogP contribution in [0, 0.1) is 11.6 Å². The lowest BCUT2D eigenvalue weighted by atomic mass is 10.1. The van der Waals surface area contributed by atoms with E-state index in [0.717, 1.165) is 29.1 Å². The fourth-order valence-corrected chi connectivity index (χ4v) is 4.70. The van der Waals surface area contributed by atoms with Gasteiger partial charge in [-0.1, -0.05) is 0 Å². The molecular weight excluding hydrogens is 436 g/mol. The van der Waals surface area contributed by atoms with Crippen LogP contribution in [0.5, 0.6) is 5.75 Å². The van der Waals surface area contributed by atoms with E-state index in [1.807, 2.05) is 4.31 Å². The van der Waals surface area contributed by atoms with Crippen LogP contribution in [-0.2, 0) is 24.0 Å². The van der Waals surface area contributed by atoms with E-state index in [9.17, 15) is 13.0 Å². The first-order chi connectivity index (χ1) is 15.3. The Bertz CT molecular complexity index is 999. The van der Waals surface area contributed by atoms with Crippen molar-refractivity contribution < 1.29 is 17.7 Å². The van der Waals surface area contributed by atoms with Gasteiger partial charge < -0.3 is 15.0 Å². The highest BCUT2D eigenvalue weighted by Gasteiger charge is 2.28. The van der Waals surface area contributed by atoms with E-state index in [2.05, 4.69) is 24.1 Å². The largest absolute Gasteiger partial charge is 0.487 e. The van der Waals surface area contributed by atoms with Crippen LogP contribution in [0.1, 0.15) is 38.1 Å². The van der Waals surface area contributed by atoms with Gasteiger partial charge in [-0.3, -0.25) is 0 Å². The predicted octanol–water partition coefficient (Wildman–Crippen LogP) is 3.27. The number of ether oxygens (including phenoxy) is 1. The molecule has 2 aliphatic rings. The third-order valence-corrected chi connectivity index (χ3v) is 6.71. The maximum absolute atomic E-state index is 13.9. The lowest BCUT2D eigenvalue weighted by Gasteiger charge is -2.35. The maximum atomic E-state index is 13.9. The van der Waals surface area contributed by atoms with E-state index in [4.69, 9.17) is 14.7 Å². The molecule has 32 heavy (non-hydrogen) atoms. The van der Waals surface area contributed by atoms with Gasteiger partial charge in [0.25, 0.3) is 0 Å². The van der Waals surface area contributed by atoms with Crippen molar-refractivity contribution in [3.63, 3.8) is 0 Å². The number of aromatic nitrogens is 2. The minimum absolute atomic E-state index is 0.0771. The SMILES string of the molecule is CC(C)Nc1nc2c(nc1N1CCC(Oc3ccc(F)cc3F)CC1)CN(S(C)=O)CC2. The quantitative estimate of drug-likeness (QED) is 0.706. The Labute approximate surface area is 189 Å². The van der Waals surface area contributed by atoms with Crippen LogP contribution in [0.2, 0.25) is 0 Å². The minimum atomic E-state index is -1.05. The second kappa shape index (κ2) is 9.66. The van der Waals surface area contributed by atoms with Gasteiger partial charge in [0, 0.05) is 57.3 Å². The number of piperidine rings is 1. The van der Waals surface area contributed by atoms with E-state index >= 15 is 0 Å². The zero-order valence-corrected chi connectivity index (χ0v) is 19.4. The highest BCUT2D eigenvalue weighted by Crippen LogP contribution is 2.30. The van der Waals surface area contributed by atoms with Gasteiger partial charge in [-0.25, -0.2) is 27.3 Å². The second-order valence-corrected chi connectivity index (χ2v) is 9.87. The summed E-state index contributed by atoms with van der Waals surface area (Å²) >= 11 is 0. The standard InChI is InChI=1S/C22H29F2N5O2S/c1-14(2)25-21-22(27-19-13-29(32(3)30)11-8-18(19)26-21)28-9-6-16(7-10-28)31-20-5-4-15(23)12-17(20)24/h4-5,12,14,16H,6-11,13H2,1-3H3,(H,25,26). The Morgan fingerprint density at radius 2 is 1.91 bits per heavy atom. The molecule has 3 heterocycles. The number of nitrogens with zero attached hydrogens (tertiary/aromatic N) is 4. The van der Waals surface area contributed by atoms with E-state index in [1.165, 1.54) is 12.1 Å². The summed E-state index contributed by atoms with van der Waals surface area (Å²) in [5.41, 5.74) is 1.81. The average Bonchev–Trinajstić information content (AvgIpc) is 2.75. The Morgan fingerprint density at radius 3 is 2.56 bits per heavy atom. The predicted molar refractivity (Wildman–Crippen MR) is 121 cm³/mol. The molecule has 4 rings (SSSR count). The summed E-state index contributed by atoms with van der Waals surface area (Å²) in [5, 5.41) is 3.41. The first kappa shape index (κ1) is 22.8. The van der Waals surface area contributed by atoms with E-state index < -0.39 is 22.6 Å². The van der Waals surface area contributed by atoms with Gasteiger partial charge in [0.05, 0.1) is 28.9 Å². The number of anilines is 2. The molecule has 0 bridgehead atoms. The summed E-state index contributed by atoms with van der Waals surface area (Å²) < 4.78 is 46.7. The van der Waals surface area contributed by atoms with Crippen LogP contribution in [0.4, 0.5) is 20.4 Å². The summed E-state index contributed by atoms with van der Waals surface area (Å²) in [6.45, 7) is 6.69. The fourth-order valence-electron chi connectivity index (χ4n) is 4.04. The summed E-state index contributed by atoms with van der Waals surface area (Å²) in [5.74, 6) is 0.315. The molecule has 0 saturated carbocycles. The summed E-state index contributed by atoms with van der Waals surface area (Å²) in [6, 6.07) is 3.57. The zero-order valence-electron chi connectivity index (χ0n) is 18.6. The Balaban J connectivity index is 1.50. The van der Waals surface area contributed by atoms with Gasteiger partial charge in [-0.15, -0.1) is 0 Å². The molecule has 0 amide bonds. The number of nitrogens with one attached hydrogen (secondary N) is 1. The molecular formula is C22H29F2N5O2S. The zero-order chi connectivity index (χ0) is 22.8. The van der Waals surface area contributed by atoms with Crippen LogP contribution in [0.25, 0.3) is 0 Å². The van der Waals surface area contributed by atoms with E-state index in [-0.39, 0.29) is 17.9 Å².